The molecule has 0 amide bonds. The van der Waals surface area contributed by atoms with E-state index in [2.05, 4.69) is 0 Å². The van der Waals surface area contributed by atoms with Gasteiger partial charge in [-0.2, -0.15) is 0 Å². The number of nitrogens with zero attached hydrogens (tertiary/aromatic N) is 4. The van der Waals surface area contributed by atoms with Crippen LogP contribution in [0.3, 0.4) is 0 Å². The van der Waals surface area contributed by atoms with Gasteiger partial charge in [-0.15, -0.1) is 0 Å². The van der Waals surface area contributed by atoms with Crippen LogP contribution < -0.4 is 0 Å². The molecule has 0 heterocycles. The second-order valence-corrected chi connectivity index (χ2v) is 4.48. The standard InChI is InChI=1S/4CN.Pd/c4*1-2;. The van der Waals surface area contributed by atoms with Crippen LogP contribution in [-0.2, 0) is 15.5 Å². The predicted molar refractivity (Wildman–Crippen MR) is 22.5 cm³/mol. The van der Waals surface area contributed by atoms with Crippen molar-refractivity contribution < 1.29 is 15.5 Å². The van der Waals surface area contributed by atoms with E-state index in [1.807, 2.05) is 0 Å². The van der Waals surface area contributed by atoms with Crippen LogP contribution in [0, 0.1) is 39.2 Å². The van der Waals surface area contributed by atoms with Gasteiger partial charge >= 0.3 is 54.8 Å². The minimum absolute atomic E-state index is 1.43. The fraction of sp³-hybridized carbons (Fsp3) is 0. The fourth-order valence-electron chi connectivity index (χ4n) is 0.0949. The Hall–Kier alpha value is -1.38. The molecule has 0 aliphatic heterocycles. The summed E-state index contributed by atoms with van der Waals surface area (Å²) >= 11 is -3.58. The van der Waals surface area contributed by atoms with E-state index in [0.29, 0.717) is 0 Å². The molecule has 0 fully saturated rings. The van der Waals surface area contributed by atoms with Crippen molar-refractivity contribution in [2.75, 3.05) is 0 Å². The van der Waals surface area contributed by atoms with Crippen molar-refractivity contribution in [3.05, 3.63) is 0 Å². The van der Waals surface area contributed by atoms with Crippen LogP contribution >= 0.6 is 0 Å². The fourth-order valence-corrected chi connectivity index (χ4v) is 0.561. The van der Waals surface area contributed by atoms with Crippen LogP contribution in [0.4, 0.5) is 0 Å². The van der Waals surface area contributed by atoms with E-state index in [4.69, 9.17) is 21.0 Å². The summed E-state index contributed by atoms with van der Waals surface area (Å²) in [4.78, 5) is 0. The summed E-state index contributed by atoms with van der Waals surface area (Å²) in [6.07, 6.45) is 0. The third-order valence-corrected chi connectivity index (χ3v) is 2.51. The second kappa shape index (κ2) is 2.82. The van der Waals surface area contributed by atoms with Crippen LogP contribution in [-0.4, -0.2) is 0 Å². The average Bonchev–Trinajstić information content (AvgIpc) is 1.95. The van der Waals surface area contributed by atoms with Gasteiger partial charge in [0, 0.05) is 0 Å². The van der Waals surface area contributed by atoms with Crippen LogP contribution in [0.25, 0.3) is 0 Å². The van der Waals surface area contributed by atoms with Gasteiger partial charge in [-0.25, -0.2) is 0 Å². The third kappa shape index (κ3) is 1.25. The Balaban J connectivity index is 4.84. The average molecular weight is 210 g/mol. The third-order valence-electron chi connectivity index (χ3n) is 0.424. The van der Waals surface area contributed by atoms with E-state index in [1.54, 1.807) is 0 Å². The number of hydrogen-bond donors (Lipinski definition) is 0. The summed E-state index contributed by atoms with van der Waals surface area (Å²) in [5.41, 5.74) is 0. The molecule has 5 heteroatoms. The van der Waals surface area contributed by atoms with E-state index in [9.17, 15) is 0 Å². The van der Waals surface area contributed by atoms with Crippen molar-refractivity contribution in [1.82, 2.24) is 0 Å². The molecule has 0 unspecified atom stereocenters. The van der Waals surface area contributed by atoms with E-state index in [-0.39, 0.29) is 0 Å². The summed E-state index contributed by atoms with van der Waals surface area (Å²) in [5, 5.41) is 32.5. The molecule has 0 atom stereocenters. The molecule has 4 nitrogen and oxygen atoms in total. The molecule has 0 aromatic carbocycles. The molecule has 0 N–H and O–H groups in total. The SMILES string of the molecule is N#[C][Pd]([C]#N)([C]#N)[C]#N. The maximum atomic E-state index is 8.13. The summed E-state index contributed by atoms with van der Waals surface area (Å²) in [7, 11) is 0. The summed E-state index contributed by atoms with van der Waals surface area (Å²) in [5.74, 6) is 0. The van der Waals surface area contributed by atoms with Gasteiger partial charge in [-0.3, -0.25) is 0 Å². The van der Waals surface area contributed by atoms with Gasteiger partial charge < -0.3 is 0 Å². The van der Waals surface area contributed by atoms with Crippen molar-refractivity contribution in [1.29, 1.82) is 21.0 Å². The monoisotopic (exact) mass is 210 g/mol. The number of nitriles is 4. The molecular weight excluding hydrogens is 210 g/mol. The Bertz CT molecular complexity index is 205. The molecule has 0 saturated carbocycles. The van der Waals surface area contributed by atoms with Crippen LogP contribution in [0.5, 0.6) is 0 Å². The molecule has 0 rings (SSSR count). The van der Waals surface area contributed by atoms with Crippen LogP contribution in [0.2, 0.25) is 0 Å². The van der Waals surface area contributed by atoms with Gasteiger partial charge in [-0.1, -0.05) is 0 Å². The first-order chi connectivity index (χ1) is 4.24. The van der Waals surface area contributed by atoms with Gasteiger partial charge in [0.1, 0.15) is 0 Å². The zero-order chi connectivity index (χ0) is 7.33. The first kappa shape index (κ1) is 7.62. The molecule has 9 heavy (non-hydrogen) atoms. The van der Waals surface area contributed by atoms with Crippen molar-refractivity contribution >= 4 is 0 Å². The quantitative estimate of drug-likeness (QED) is 0.528. The van der Waals surface area contributed by atoms with Gasteiger partial charge in [-0.05, 0) is 0 Å². The Morgan fingerprint density at radius 3 is 0.889 bits per heavy atom. The van der Waals surface area contributed by atoms with Crippen molar-refractivity contribution in [2.24, 2.45) is 0 Å². The molecule has 0 bridgehead atoms. The van der Waals surface area contributed by atoms with Crippen molar-refractivity contribution in [3.8, 4) is 18.2 Å². The summed E-state index contributed by atoms with van der Waals surface area (Å²) in [6.45, 7) is 0. The Morgan fingerprint density at radius 2 is 0.889 bits per heavy atom. The maximum absolute atomic E-state index is 8.13. The minimum atomic E-state index is -3.58. The Labute approximate surface area is 55.2 Å². The van der Waals surface area contributed by atoms with Gasteiger partial charge in [0.2, 0.25) is 0 Å². The summed E-state index contributed by atoms with van der Waals surface area (Å²) < 4.78 is 5.72. The topological polar surface area (TPSA) is 95.2 Å². The molecule has 0 aromatic rings. The van der Waals surface area contributed by atoms with E-state index >= 15 is 0 Å². The van der Waals surface area contributed by atoms with Crippen LogP contribution in [0.1, 0.15) is 0 Å². The van der Waals surface area contributed by atoms with Crippen molar-refractivity contribution in [2.45, 2.75) is 0 Å². The molecule has 0 spiro atoms. The van der Waals surface area contributed by atoms with Gasteiger partial charge in [0.25, 0.3) is 0 Å². The van der Waals surface area contributed by atoms with Gasteiger partial charge in [0.05, 0.1) is 0 Å². The molecule has 0 aliphatic rings. The molecular formula is C4N4Pd. The van der Waals surface area contributed by atoms with Crippen LogP contribution in [0.15, 0.2) is 0 Å². The zero-order valence-electron chi connectivity index (χ0n) is 4.11. The first-order valence-electron chi connectivity index (χ1n) is 1.53. The zero-order valence-corrected chi connectivity index (χ0v) is 5.66. The molecule has 46 valence electrons. The second-order valence-electron chi connectivity index (χ2n) is 0.757. The first-order valence-corrected chi connectivity index (χ1v) is 4.64. The number of hydrogen-bond acceptors (Lipinski definition) is 4. The molecule has 0 radical (unpaired) electrons. The summed E-state index contributed by atoms with van der Waals surface area (Å²) in [6, 6.07) is 0. The van der Waals surface area contributed by atoms with Crippen molar-refractivity contribution in [3.63, 3.8) is 0 Å². The van der Waals surface area contributed by atoms with E-state index < -0.39 is 15.5 Å². The predicted octanol–water partition coefficient (Wildman–Crippen LogP) is 0.0646. The molecule has 0 saturated heterocycles. The Morgan fingerprint density at radius 1 is 0.667 bits per heavy atom. The molecule has 0 aliphatic carbocycles. The molecule has 0 aromatic heterocycles. The van der Waals surface area contributed by atoms with E-state index in [0.717, 1.165) is 0 Å². The normalized spacial score (nSPS) is 9.33. The Kier molecular flexibility index (Phi) is 2.38. The number of rotatable bonds is 0. The van der Waals surface area contributed by atoms with E-state index in [1.165, 1.54) is 18.2 Å². The van der Waals surface area contributed by atoms with Gasteiger partial charge in [0.15, 0.2) is 0 Å².